The number of nitrogens with one attached hydrogen (secondary N) is 1. The van der Waals surface area contributed by atoms with Crippen molar-refractivity contribution >= 4 is 5.97 Å². The number of nitrogens with zero attached hydrogens (tertiary/aromatic N) is 1. The Hall–Kier alpha value is -1.43. The number of benzene rings is 1. The topological polar surface area (TPSA) is 61.8 Å². The molecule has 1 heterocycles. The molecule has 2 N–H and O–H groups in total. The van der Waals surface area contributed by atoms with Gasteiger partial charge in [0.15, 0.2) is 0 Å². The lowest BCUT2D eigenvalue weighted by Gasteiger charge is -2.37. The van der Waals surface area contributed by atoms with E-state index >= 15 is 0 Å². The molecule has 1 saturated heterocycles. The normalized spacial score (nSPS) is 22.7. The molecule has 0 bridgehead atoms. The highest BCUT2D eigenvalue weighted by Gasteiger charge is 2.39. The van der Waals surface area contributed by atoms with Crippen LogP contribution in [0.5, 0.6) is 0 Å². The molecule has 21 heavy (non-hydrogen) atoms. The number of ether oxygens (including phenoxy) is 1. The first-order chi connectivity index (χ1) is 10.1. The molecule has 1 aromatic rings. The van der Waals surface area contributed by atoms with Crippen molar-refractivity contribution in [2.45, 2.75) is 24.9 Å². The van der Waals surface area contributed by atoms with Gasteiger partial charge < -0.3 is 15.2 Å². The van der Waals surface area contributed by atoms with E-state index in [1.165, 1.54) is 0 Å². The molecule has 0 radical (unpaired) electrons. The second-order valence-electron chi connectivity index (χ2n) is 5.54. The Balaban J connectivity index is 2.15. The van der Waals surface area contributed by atoms with Crippen molar-refractivity contribution in [3.8, 4) is 0 Å². The number of aliphatic carboxylic acids is 1. The van der Waals surface area contributed by atoms with E-state index < -0.39 is 11.5 Å². The van der Waals surface area contributed by atoms with E-state index in [0.717, 1.165) is 25.3 Å². The first-order valence-electron chi connectivity index (χ1n) is 7.40. The van der Waals surface area contributed by atoms with Gasteiger partial charge in [-0.25, -0.2) is 4.79 Å². The van der Waals surface area contributed by atoms with Gasteiger partial charge in [0.2, 0.25) is 0 Å². The maximum Gasteiger partial charge on any atom is 0.328 e. The Labute approximate surface area is 125 Å². The summed E-state index contributed by atoms with van der Waals surface area (Å²) in [5.74, 6) is -0.836. The van der Waals surface area contributed by atoms with Gasteiger partial charge in [-0.05, 0) is 26.0 Å². The number of hydrogen-bond donors (Lipinski definition) is 2. The van der Waals surface area contributed by atoms with E-state index in [-0.39, 0.29) is 0 Å². The molecular formula is C16H24N2O3. The SMILES string of the molecule is CNC(CCN1CCOCC1C)(C(=O)O)c1ccccc1. The van der Waals surface area contributed by atoms with Crippen LogP contribution in [0.2, 0.25) is 0 Å². The number of rotatable bonds is 6. The van der Waals surface area contributed by atoms with E-state index in [2.05, 4.69) is 17.1 Å². The molecule has 116 valence electrons. The van der Waals surface area contributed by atoms with Crippen LogP contribution in [0.1, 0.15) is 18.9 Å². The third kappa shape index (κ3) is 3.43. The number of morpholine rings is 1. The van der Waals surface area contributed by atoms with Crippen molar-refractivity contribution in [2.24, 2.45) is 0 Å². The summed E-state index contributed by atoms with van der Waals surface area (Å²) in [6, 6.07) is 9.72. The van der Waals surface area contributed by atoms with Crippen molar-refractivity contribution in [1.29, 1.82) is 0 Å². The van der Waals surface area contributed by atoms with Gasteiger partial charge in [0.05, 0.1) is 13.2 Å². The Morgan fingerprint density at radius 2 is 2.19 bits per heavy atom. The molecule has 1 fully saturated rings. The molecule has 5 heteroatoms. The summed E-state index contributed by atoms with van der Waals surface area (Å²) in [6.45, 7) is 5.13. The largest absolute Gasteiger partial charge is 0.480 e. The second kappa shape index (κ2) is 7.02. The Morgan fingerprint density at radius 1 is 1.48 bits per heavy atom. The van der Waals surface area contributed by atoms with Crippen LogP contribution in [0.3, 0.4) is 0 Å². The second-order valence-corrected chi connectivity index (χ2v) is 5.54. The van der Waals surface area contributed by atoms with Crippen molar-refractivity contribution in [1.82, 2.24) is 10.2 Å². The minimum absolute atomic E-state index is 0.331. The van der Waals surface area contributed by atoms with Gasteiger partial charge in [0.1, 0.15) is 5.54 Å². The highest BCUT2D eigenvalue weighted by atomic mass is 16.5. The minimum Gasteiger partial charge on any atom is -0.480 e. The Morgan fingerprint density at radius 3 is 2.76 bits per heavy atom. The predicted molar refractivity (Wildman–Crippen MR) is 81.3 cm³/mol. The van der Waals surface area contributed by atoms with Crippen molar-refractivity contribution < 1.29 is 14.6 Å². The smallest absolute Gasteiger partial charge is 0.328 e. The summed E-state index contributed by atoms with van der Waals surface area (Å²) in [5, 5.41) is 12.8. The van der Waals surface area contributed by atoms with Gasteiger partial charge in [0, 0.05) is 19.1 Å². The van der Waals surface area contributed by atoms with Crippen LogP contribution in [0.15, 0.2) is 30.3 Å². The molecule has 2 atom stereocenters. The zero-order chi connectivity index (χ0) is 15.3. The summed E-state index contributed by atoms with van der Waals surface area (Å²) >= 11 is 0. The van der Waals surface area contributed by atoms with Gasteiger partial charge in [-0.2, -0.15) is 0 Å². The quantitative estimate of drug-likeness (QED) is 0.827. The zero-order valence-corrected chi connectivity index (χ0v) is 12.7. The van der Waals surface area contributed by atoms with Gasteiger partial charge >= 0.3 is 5.97 Å². The van der Waals surface area contributed by atoms with Crippen molar-refractivity contribution in [3.63, 3.8) is 0 Å². The third-order valence-electron chi connectivity index (χ3n) is 4.34. The van der Waals surface area contributed by atoms with Crippen molar-refractivity contribution in [2.75, 3.05) is 33.4 Å². The number of hydrogen-bond acceptors (Lipinski definition) is 4. The summed E-state index contributed by atoms with van der Waals surface area (Å²) in [4.78, 5) is 14.2. The fourth-order valence-corrected chi connectivity index (χ4v) is 2.88. The Kier molecular flexibility index (Phi) is 5.33. The highest BCUT2D eigenvalue weighted by molar-refractivity contribution is 5.80. The van der Waals surface area contributed by atoms with Crippen LogP contribution in [0.4, 0.5) is 0 Å². The predicted octanol–water partition coefficient (Wildman–Crippen LogP) is 1.30. The highest BCUT2D eigenvalue weighted by Crippen LogP contribution is 2.26. The summed E-state index contributed by atoms with van der Waals surface area (Å²) in [7, 11) is 1.71. The van der Waals surface area contributed by atoms with Gasteiger partial charge in [-0.3, -0.25) is 4.90 Å². The standard InChI is InChI=1S/C16H24N2O3/c1-13-12-21-11-10-18(13)9-8-16(17-2,15(19)20)14-6-4-3-5-7-14/h3-7,13,17H,8-12H2,1-2H3,(H,19,20). The average molecular weight is 292 g/mol. The molecule has 0 aromatic heterocycles. The molecule has 2 unspecified atom stereocenters. The van der Waals surface area contributed by atoms with Crippen LogP contribution < -0.4 is 5.32 Å². The van der Waals surface area contributed by atoms with E-state index in [0.29, 0.717) is 19.1 Å². The zero-order valence-electron chi connectivity index (χ0n) is 12.7. The molecule has 1 aromatic carbocycles. The average Bonchev–Trinajstić information content (AvgIpc) is 2.51. The lowest BCUT2D eigenvalue weighted by atomic mass is 9.86. The van der Waals surface area contributed by atoms with E-state index in [4.69, 9.17) is 4.74 Å². The monoisotopic (exact) mass is 292 g/mol. The molecule has 2 rings (SSSR count). The first kappa shape index (κ1) is 15.9. The molecule has 0 spiro atoms. The van der Waals surface area contributed by atoms with E-state index in [1.54, 1.807) is 7.05 Å². The summed E-state index contributed by atoms with van der Waals surface area (Å²) in [5.41, 5.74) is -0.250. The number of carbonyl (C=O) groups is 1. The number of carboxylic acids is 1. The molecular weight excluding hydrogens is 268 g/mol. The molecule has 1 aliphatic heterocycles. The van der Waals surface area contributed by atoms with Crippen LogP contribution in [-0.4, -0.2) is 55.4 Å². The fourth-order valence-electron chi connectivity index (χ4n) is 2.88. The van der Waals surface area contributed by atoms with Crippen LogP contribution >= 0.6 is 0 Å². The number of likely N-dealkylation sites (N-methyl/N-ethyl adjacent to an activating group) is 1. The summed E-state index contributed by atoms with van der Waals surface area (Å²) in [6.07, 6.45) is 0.521. The Bertz CT molecular complexity index is 466. The minimum atomic E-state index is -1.04. The fraction of sp³-hybridized carbons (Fsp3) is 0.562. The van der Waals surface area contributed by atoms with Crippen LogP contribution in [0, 0.1) is 0 Å². The molecule has 0 aliphatic carbocycles. The van der Waals surface area contributed by atoms with Crippen LogP contribution in [-0.2, 0) is 15.1 Å². The molecule has 0 saturated carbocycles. The molecule has 5 nitrogen and oxygen atoms in total. The lowest BCUT2D eigenvalue weighted by molar-refractivity contribution is -0.146. The summed E-state index contributed by atoms with van der Waals surface area (Å²) < 4.78 is 5.43. The lowest BCUT2D eigenvalue weighted by Crippen LogP contribution is -2.52. The maximum absolute atomic E-state index is 11.9. The number of carboxylic acid groups (broad SMARTS) is 1. The van der Waals surface area contributed by atoms with E-state index in [1.807, 2.05) is 30.3 Å². The van der Waals surface area contributed by atoms with Crippen LogP contribution in [0.25, 0.3) is 0 Å². The molecule has 0 amide bonds. The third-order valence-corrected chi connectivity index (χ3v) is 4.34. The molecule has 1 aliphatic rings. The first-order valence-corrected chi connectivity index (χ1v) is 7.40. The van der Waals surface area contributed by atoms with Gasteiger partial charge in [-0.1, -0.05) is 30.3 Å². The van der Waals surface area contributed by atoms with Gasteiger partial charge in [0.25, 0.3) is 0 Å². The maximum atomic E-state index is 11.9. The van der Waals surface area contributed by atoms with E-state index in [9.17, 15) is 9.90 Å². The van der Waals surface area contributed by atoms with Gasteiger partial charge in [-0.15, -0.1) is 0 Å². The van der Waals surface area contributed by atoms with Crippen molar-refractivity contribution in [3.05, 3.63) is 35.9 Å².